The number of halogens is 3. The molecule has 0 heterocycles. The highest BCUT2D eigenvalue weighted by atomic mass is 79.9. The number of rotatable bonds is 3. The number of benzene rings is 1. The molecule has 0 fully saturated rings. The standard InChI is InChI=1S/C9H8Br3NO/c10-4-3-9(14)13-8-2-1-6(11)5-7(8)12/h1-2,5H,3-4H2,(H,13,14). The van der Waals surface area contributed by atoms with Crippen LogP contribution in [0.2, 0.25) is 0 Å². The average molecular weight is 386 g/mol. The predicted molar refractivity (Wildman–Crippen MR) is 68.9 cm³/mol. The molecule has 0 bridgehead atoms. The van der Waals surface area contributed by atoms with Crippen molar-refractivity contribution in [3.05, 3.63) is 27.1 Å². The fourth-order valence-electron chi connectivity index (χ4n) is 0.889. The van der Waals surface area contributed by atoms with E-state index in [0.29, 0.717) is 11.8 Å². The molecule has 0 aliphatic rings. The summed E-state index contributed by atoms with van der Waals surface area (Å²) in [5.74, 6) is 0.00453. The minimum absolute atomic E-state index is 0.00453. The third kappa shape index (κ3) is 3.71. The summed E-state index contributed by atoms with van der Waals surface area (Å²) in [5, 5.41) is 3.48. The van der Waals surface area contributed by atoms with E-state index in [-0.39, 0.29) is 5.91 Å². The minimum atomic E-state index is 0.00453. The first kappa shape index (κ1) is 12.2. The molecule has 1 rings (SSSR count). The molecule has 0 aliphatic heterocycles. The maximum atomic E-state index is 11.3. The summed E-state index contributed by atoms with van der Waals surface area (Å²) in [6, 6.07) is 5.62. The van der Waals surface area contributed by atoms with E-state index in [4.69, 9.17) is 0 Å². The zero-order chi connectivity index (χ0) is 10.6. The lowest BCUT2D eigenvalue weighted by molar-refractivity contribution is -0.115. The van der Waals surface area contributed by atoms with Gasteiger partial charge in [0.05, 0.1) is 5.69 Å². The molecule has 0 atom stereocenters. The molecule has 0 unspecified atom stereocenters. The molecule has 0 spiro atoms. The number of alkyl halides is 1. The molecule has 1 amide bonds. The topological polar surface area (TPSA) is 29.1 Å². The molecule has 0 saturated heterocycles. The third-order valence-electron chi connectivity index (χ3n) is 1.53. The molecule has 1 aromatic carbocycles. The van der Waals surface area contributed by atoms with Crippen molar-refractivity contribution in [1.29, 1.82) is 0 Å². The van der Waals surface area contributed by atoms with Crippen molar-refractivity contribution in [2.24, 2.45) is 0 Å². The first-order valence-electron chi connectivity index (χ1n) is 3.94. The van der Waals surface area contributed by atoms with Crippen molar-refractivity contribution in [3.8, 4) is 0 Å². The van der Waals surface area contributed by atoms with Gasteiger partial charge in [0.2, 0.25) is 5.91 Å². The fraction of sp³-hybridized carbons (Fsp3) is 0.222. The van der Waals surface area contributed by atoms with Crippen molar-refractivity contribution in [3.63, 3.8) is 0 Å². The first-order valence-corrected chi connectivity index (χ1v) is 6.65. The highest BCUT2D eigenvalue weighted by molar-refractivity contribution is 9.11. The number of carbonyl (C=O) groups excluding carboxylic acids is 1. The zero-order valence-corrected chi connectivity index (χ0v) is 11.9. The van der Waals surface area contributed by atoms with Crippen LogP contribution in [0.5, 0.6) is 0 Å². The van der Waals surface area contributed by atoms with Crippen molar-refractivity contribution in [2.75, 3.05) is 10.6 Å². The van der Waals surface area contributed by atoms with Gasteiger partial charge in [-0.05, 0) is 34.1 Å². The van der Waals surface area contributed by atoms with Crippen LogP contribution in [0.3, 0.4) is 0 Å². The average Bonchev–Trinajstić information content (AvgIpc) is 2.10. The van der Waals surface area contributed by atoms with Crippen LogP contribution in [0.25, 0.3) is 0 Å². The van der Waals surface area contributed by atoms with E-state index in [0.717, 1.165) is 14.6 Å². The highest BCUT2D eigenvalue weighted by Crippen LogP contribution is 2.26. The lowest BCUT2D eigenvalue weighted by atomic mass is 10.3. The number of amides is 1. The molecule has 0 radical (unpaired) electrons. The van der Waals surface area contributed by atoms with Gasteiger partial charge >= 0.3 is 0 Å². The van der Waals surface area contributed by atoms with Gasteiger partial charge in [-0.15, -0.1) is 0 Å². The third-order valence-corrected chi connectivity index (χ3v) is 3.07. The van der Waals surface area contributed by atoms with Crippen molar-refractivity contribution in [1.82, 2.24) is 0 Å². The smallest absolute Gasteiger partial charge is 0.225 e. The number of hydrogen-bond acceptors (Lipinski definition) is 1. The van der Waals surface area contributed by atoms with E-state index in [2.05, 4.69) is 53.1 Å². The molecular formula is C9H8Br3NO. The lowest BCUT2D eigenvalue weighted by Gasteiger charge is -2.06. The lowest BCUT2D eigenvalue weighted by Crippen LogP contribution is -2.11. The molecule has 76 valence electrons. The molecule has 5 heteroatoms. The minimum Gasteiger partial charge on any atom is -0.325 e. The maximum absolute atomic E-state index is 11.3. The van der Waals surface area contributed by atoms with Crippen molar-refractivity contribution in [2.45, 2.75) is 6.42 Å². The van der Waals surface area contributed by atoms with Crippen molar-refractivity contribution < 1.29 is 4.79 Å². The molecule has 0 aromatic heterocycles. The van der Waals surface area contributed by atoms with Gasteiger partial charge in [-0.1, -0.05) is 31.9 Å². The Hall–Kier alpha value is 0.130. The van der Waals surface area contributed by atoms with Crippen LogP contribution in [0.15, 0.2) is 27.1 Å². The van der Waals surface area contributed by atoms with E-state index in [1.165, 1.54) is 0 Å². The Morgan fingerprint density at radius 2 is 2.07 bits per heavy atom. The number of nitrogens with one attached hydrogen (secondary N) is 1. The van der Waals surface area contributed by atoms with Gasteiger partial charge in [0.25, 0.3) is 0 Å². The second-order valence-electron chi connectivity index (χ2n) is 2.61. The molecule has 1 aromatic rings. The Kier molecular flexibility index (Phi) is 5.12. The van der Waals surface area contributed by atoms with Crippen molar-refractivity contribution >= 4 is 59.4 Å². The van der Waals surface area contributed by atoms with Gasteiger partial charge in [0.1, 0.15) is 0 Å². The maximum Gasteiger partial charge on any atom is 0.225 e. The summed E-state index contributed by atoms with van der Waals surface area (Å²) in [6.07, 6.45) is 0.475. The van der Waals surface area contributed by atoms with Gasteiger partial charge in [0, 0.05) is 20.7 Å². The zero-order valence-electron chi connectivity index (χ0n) is 7.19. The Balaban J connectivity index is 2.72. The molecular weight excluding hydrogens is 378 g/mol. The van der Waals surface area contributed by atoms with E-state index >= 15 is 0 Å². The second-order valence-corrected chi connectivity index (χ2v) is 5.17. The number of carbonyl (C=O) groups is 1. The number of anilines is 1. The Bertz CT molecular complexity index is 341. The molecule has 2 nitrogen and oxygen atoms in total. The summed E-state index contributed by atoms with van der Waals surface area (Å²) < 4.78 is 1.85. The summed E-state index contributed by atoms with van der Waals surface area (Å²) in [5.41, 5.74) is 0.791. The first-order chi connectivity index (χ1) is 6.63. The predicted octanol–water partition coefficient (Wildman–Crippen LogP) is 3.94. The normalized spacial score (nSPS) is 9.93. The molecule has 0 saturated carbocycles. The molecule has 1 N–H and O–H groups in total. The Labute approximate surface area is 108 Å². The van der Waals surface area contributed by atoms with Crippen LogP contribution < -0.4 is 5.32 Å². The van der Waals surface area contributed by atoms with Crippen LogP contribution in [0, 0.1) is 0 Å². The van der Waals surface area contributed by atoms with E-state index in [9.17, 15) is 4.79 Å². The SMILES string of the molecule is O=C(CCBr)Nc1ccc(Br)cc1Br. The quantitative estimate of drug-likeness (QED) is 0.785. The molecule has 14 heavy (non-hydrogen) atoms. The van der Waals surface area contributed by atoms with Crippen LogP contribution >= 0.6 is 47.8 Å². The van der Waals surface area contributed by atoms with E-state index in [1.54, 1.807) is 0 Å². The van der Waals surface area contributed by atoms with Gasteiger partial charge in [-0.25, -0.2) is 0 Å². The van der Waals surface area contributed by atoms with Crippen LogP contribution in [0.1, 0.15) is 6.42 Å². The number of hydrogen-bond donors (Lipinski definition) is 1. The van der Waals surface area contributed by atoms with Gasteiger partial charge in [-0.2, -0.15) is 0 Å². The van der Waals surface area contributed by atoms with E-state index in [1.807, 2.05) is 18.2 Å². The molecule has 0 aliphatic carbocycles. The monoisotopic (exact) mass is 383 g/mol. The summed E-state index contributed by atoms with van der Waals surface area (Å²) in [6.45, 7) is 0. The summed E-state index contributed by atoms with van der Waals surface area (Å²) in [7, 11) is 0. The van der Waals surface area contributed by atoms with E-state index < -0.39 is 0 Å². The highest BCUT2D eigenvalue weighted by Gasteiger charge is 2.04. The Morgan fingerprint density at radius 3 is 2.64 bits per heavy atom. The van der Waals surface area contributed by atoms with Gasteiger partial charge in [-0.3, -0.25) is 4.79 Å². The van der Waals surface area contributed by atoms with Crippen LogP contribution in [-0.4, -0.2) is 11.2 Å². The van der Waals surface area contributed by atoms with Gasteiger partial charge in [0.15, 0.2) is 0 Å². The van der Waals surface area contributed by atoms with Crippen LogP contribution in [-0.2, 0) is 4.79 Å². The van der Waals surface area contributed by atoms with Crippen LogP contribution in [0.4, 0.5) is 5.69 Å². The second kappa shape index (κ2) is 5.88. The fourth-order valence-corrected chi connectivity index (χ4v) is 2.40. The summed E-state index contributed by atoms with van der Waals surface area (Å²) in [4.78, 5) is 11.3. The Morgan fingerprint density at radius 1 is 1.36 bits per heavy atom. The summed E-state index contributed by atoms with van der Waals surface area (Å²) >= 11 is 9.93. The largest absolute Gasteiger partial charge is 0.325 e. The van der Waals surface area contributed by atoms with Gasteiger partial charge < -0.3 is 5.32 Å².